The van der Waals surface area contributed by atoms with E-state index >= 15 is 0 Å². The fourth-order valence-electron chi connectivity index (χ4n) is 5.48. The maximum Gasteiger partial charge on any atom is 0.417 e. The van der Waals surface area contributed by atoms with Gasteiger partial charge in [-0.2, -0.15) is 13.2 Å². The topological polar surface area (TPSA) is 72.9 Å². The molecule has 1 N–H and O–H groups in total. The molecule has 1 aromatic rings. The minimum atomic E-state index is -4.46. The SMILES string of the molecule is CCOC[C@]1(C(=O)N2CCc3ncc(C(F)(F)F)cc3C2)CC[C@@H](N[C@H]2CCOC[C@H]2OC)C1. The van der Waals surface area contributed by atoms with E-state index in [4.69, 9.17) is 14.2 Å². The molecule has 0 aromatic carbocycles. The molecule has 4 rings (SSSR count). The summed E-state index contributed by atoms with van der Waals surface area (Å²) < 4.78 is 56.4. The lowest BCUT2D eigenvalue weighted by atomic mass is 9.84. The maximum absolute atomic E-state index is 13.8. The summed E-state index contributed by atoms with van der Waals surface area (Å²) in [7, 11) is 1.68. The second kappa shape index (κ2) is 10.5. The zero-order valence-corrected chi connectivity index (χ0v) is 19.8. The van der Waals surface area contributed by atoms with Crippen molar-refractivity contribution in [2.24, 2.45) is 5.41 Å². The molecule has 3 aliphatic rings. The molecule has 190 valence electrons. The Morgan fingerprint density at radius 2 is 2.21 bits per heavy atom. The van der Waals surface area contributed by atoms with Gasteiger partial charge in [-0.15, -0.1) is 0 Å². The van der Waals surface area contributed by atoms with E-state index in [1.54, 1.807) is 12.0 Å². The first-order chi connectivity index (χ1) is 16.3. The molecule has 0 spiro atoms. The van der Waals surface area contributed by atoms with Crippen molar-refractivity contribution >= 4 is 5.91 Å². The first-order valence-electron chi connectivity index (χ1n) is 12.0. The van der Waals surface area contributed by atoms with Crippen LogP contribution in [0.15, 0.2) is 12.3 Å². The molecule has 2 aliphatic heterocycles. The Hall–Kier alpha value is -1.75. The van der Waals surface area contributed by atoms with Gasteiger partial charge in [0.2, 0.25) is 5.91 Å². The van der Waals surface area contributed by atoms with E-state index in [0.29, 0.717) is 63.5 Å². The van der Waals surface area contributed by atoms with Gasteiger partial charge < -0.3 is 24.4 Å². The summed E-state index contributed by atoms with van der Waals surface area (Å²) in [5.74, 6) is -0.0384. The Balaban J connectivity index is 1.48. The lowest BCUT2D eigenvalue weighted by Gasteiger charge is -2.37. The minimum Gasteiger partial charge on any atom is -0.381 e. The third kappa shape index (κ3) is 5.40. The Morgan fingerprint density at radius 3 is 2.94 bits per heavy atom. The molecule has 7 nitrogen and oxygen atoms in total. The smallest absolute Gasteiger partial charge is 0.381 e. The predicted octanol–water partition coefficient (Wildman–Crippen LogP) is 2.95. The van der Waals surface area contributed by atoms with Crippen LogP contribution in [0.1, 0.15) is 49.4 Å². The number of alkyl halides is 3. The lowest BCUT2D eigenvalue weighted by Crippen LogP contribution is -2.52. The lowest BCUT2D eigenvalue weighted by molar-refractivity contribution is -0.147. The van der Waals surface area contributed by atoms with Crippen LogP contribution >= 0.6 is 0 Å². The number of nitrogens with one attached hydrogen (secondary N) is 1. The van der Waals surface area contributed by atoms with E-state index in [2.05, 4.69) is 10.3 Å². The van der Waals surface area contributed by atoms with E-state index < -0.39 is 17.2 Å². The predicted molar refractivity (Wildman–Crippen MR) is 118 cm³/mol. The molecule has 1 amide bonds. The van der Waals surface area contributed by atoms with E-state index in [-0.39, 0.29) is 30.6 Å². The maximum atomic E-state index is 13.8. The van der Waals surface area contributed by atoms with Gasteiger partial charge in [0.15, 0.2) is 0 Å². The molecule has 0 unspecified atom stereocenters. The molecule has 1 aliphatic carbocycles. The Labute approximate surface area is 198 Å². The number of carbonyl (C=O) groups is 1. The van der Waals surface area contributed by atoms with Gasteiger partial charge in [-0.05, 0) is 44.2 Å². The number of hydrogen-bond acceptors (Lipinski definition) is 6. The number of rotatable bonds is 7. The van der Waals surface area contributed by atoms with Gasteiger partial charge in [0.05, 0.1) is 30.3 Å². The van der Waals surface area contributed by atoms with Crippen molar-refractivity contribution in [1.29, 1.82) is 0 Å². The van der Waals surface area contributed by atoms with E-state index in [1.807, 2.05) is 6.92 Å². The standard InChI is InChI=1S/C24H34F3N3O4/c1-3-33-15-23(7-4-18(11-23)29-20-6-9-34-14-21(20)32-2)22(31)30-8-5-19-16(13-30)10-17(12-28-19)24(25,26)27/h10,12,18,20-21,29H,3-9,11,13-15H2,1-2H3/t18-,20+,21-,23+/m1/s1. The Morgan fingerprint density at radius 1 is 1.38 bits per heavy atom. The minimum absolute atomic E-state index is 0.0275. The first-order valence-corrected chi connectivity index (χ1v) is 12.0. The molecule has 1 saturated carbocycles. The molecule has 3 heterocycles. The summed E-state index contributed by atoms with van der Waals surface area (Å²) in [6.07, 6.45) is -0.180. The average molecular weight is 486 g/mol. The van der Waals surface area contributed by atoms with Crippen molar-refractivity contribution in [3.05, 3.63) is 29.1 Å². The second-order valence-electron chi connectivity index (χ2n) is 9.57. The largest absolute Gasteiger partial charge is 0.417 e. The number of aromatic nitrogens is 1. The van der Waals surface area contributed by atoms with Crippen molar-refractivity contribution in [3.63, 3.8) is 0 Å². The average Bonchev–Trinajstić information content (AvgIpc) is 3.25. The van der Waals surface area contributed by atoms with Crippen LogP contribution in [0.2, 0.25) is 0 Å². The molecule has 10 heteroatoms. The highest BCUT2D eigenvalue weighted by atomic mass is 19.4. The highest BCUT2D eigenvalue weighted by Crippen LogP contribution is 2.42. The zero-order chi connectivity index (χ0) is 24.3. The van der Waals surface area contributed by atoms with Crippen molar-refractivity contribution in [2.75, 3.05) is 40.1 Å². The van der Waals surface area contributed by atoms with Crippen LogP contribution in [-0.2, 0) is 38.1 Å². The summed E-state index contributed by atoms with van der Waals surface area (Å²) in [5.41, 5.74) is -0.363. The number of pyridine rings is 1. The molecule has 1 aromatic heterocycles. The van der Waals surface area contributed by atoms with Crippen LogP contribution in [-0.4, -0.2) is 74.1 Å². The third-order valence-corrected chi connectivity index (χ3v) is 7.36. The molecule has 1 saturated heterocycles. The van der Waals surface area contributed by atoms with Crippen LogP contribution in [0.3, 0.4) is 0 Å². The van der Waals surface area contributed by atoms with Gasteiger partial charge in [0.1, 0.15) is 0 Å². The van der Waals surface area contributed by atoms with E-state index in [1.165, 1.54) is 0 Å². The molecule has 0 radical (unpaired) electrons. The van der Waals surface area contributed by atoms with Crippen LogP contribution in [0.25, 0.3) is 0 Å². The summed E-state index contributed by atoms with van der Waals surface area (Å²) in [4.78, 5) is 19.5. The molecule has 0 bridgehead atoms. The Kier molecular flexibility index (Phi) is 7.81. The molecular formula is C24H34F3N3O4. The summed E-state index contributed by atoms with van der Waals surface area (Å²) in [5, 5.41) is 3.68. The fourth-order valence-corrected chi connectivity index (χ4v) is 5.48. The summed E-state index contributed by atoms with van der Waals surface area (Å²) in [6, 6.07) is 1.43. The number of methoxy groups -OCH3 is 1. The highest BCUT2D eigenvalue weighted by Gasteiger charge is 2.48. The summed E-state index contributed by atoms with van der Waals surface area (Å²) >= 11 is 0. The second-order valence-corrected chi connectivity index (χ2v) is 9.57. The highest BCUT2D eigenvalue weighted by molar-refractivity contribution is 5.83. The van der Waals surface area contributed by atoms with Crippen LogP contribution in [0.5, 0.6) is 0 Å². The van der Waals surface area contributed by atoms with Crippen molar-refractivity contribution < 1.29 is 32.2 Å². The number of hydrogen-bond donors (Lipinski definition) is 1. The quantitative estimate of drug-likeness (QED) is 0.640. The monoisotopic (exact) mass is 485 g/mol. The van der Waals surface area contributed by atoms with Crippen LogP contribution < -0.4 is 5.32 Å². The van der Waals surface area contributed by atoms with Gasteiger partial charge in [-0.1, -0.05) is 0 Å². The molecule has 2 fully saturated rings. The van der Waals surface area contributed by atoms with Crippen molar-refractivity contribution in [2.45, 2.75) is 69.9 Å². The third-order valence-electron chi connectivity index (χ3n) is 7.36. The molecule has 34 heavy (non-hydrogen) atoms. The van der Waals surface area contributed by atoms with Crippen LogP contribution in [0.4, 0.5) is 13.2 Å². The number of carbonyl (C=O) groups excluding carboxylic acids is 1. The number of halogens is 3. The van der Waals surface area contributed by atoms with Crippen molar-refractivity contribution in [3.8, 4) is 0 Å². The van der Waals surface area contributed by atoms with Gasteiger partial charge in [0.25, 0.3) is 0 Å². The normalized spacial score (nSPS) is 29.8. The van der Waals surface area contributed by atoms with Gasteiger partial charge in [-0.25, -0.2) is 0 Å². The number of fused-ring (bicyclic) bond motifs is 1. The molecular weight excluding hydrogens is 451 g/mol. The molecule has 4 atom stereocenters. The first kappa shape index (κ1) is 25.3. The fraction of sp³-hybridized carbons (Fsp3) is 0.750. The van der Waals surface area contributed by atoms with Gasteiger partial charge in [0, 0.05) is 63.8 Å². The number of ether oxygens (including phenoxy) is 3. The number of amides is 1. The van der Waals surface area contributed by atoms with E-state index in [0.717, 1.165) is 25.1 Å². The van der Waals surface area contributed by atoms with Gasteiger partial charge in [-0.3, -0.25) is 9.78 Å². The zero-order valence-electron chi connectivity index (χ0n) is 19.8. The van der Waals surface area contributed by atoms with Gasteiger partial charge >= 0.3 is 6.18 Å². The van der Waals surface area contributed by atoms with E-state index in [9.17, 15) is 18.0 Å². The summed E-state index contributed by atoms with van der Waals surface area (Å²) in [6.45, 7) is 4.52. The van der Waals surface area contributed by atoms with Crippen molar-refractivity contribution in [1.82, 2.24) is 15.2 Å². The number of nitrogens with zero attached hydrogens (tertiary/aromatic N) is 2. The van der Waals surface area contributed by atoms with Crippen LogP contribution in [0, 0.1) is 5.41 Å². The Bertz CT molecular complexity index is 868.